The Kier molecular flexibility index (Phi) is 5.70. The highest BCUT2D eigenvalue weighted by Gasteiger charge is 2.43. The van der Waals surface area contributed by atoms with E-state index in [1.807, 2.05) is 0 Å². The first-order valence-corrected chi connectivity index (χ1v) is 11.6. The Morgan fingerprint density at radius 3 is 2.17 bits per heavy atom. The van der Waals surface area contributed by atoms with E-state index in [-0.39, 0.29) is 0 Å². The summed E-state index contributed by atoms with van der Waals surface area (Å²) in [7, 11) is 0. The smallest absolute Gasteiger partial charge is 0.0897 e. The molecule has 5 rings (SSSR count). The summed E-state index contributed by atoms with van der Waals surface area (Å²) in [5.41, 5.74) is 7.16. The van der Waals surface area contributed by atoms with Crippen LogP contribution in [0.2, 0.25) is 0 Å². The average molecular weight is 397 g/mol. The van der Waals surface area contributed by atoms with Gasteiger partial charge in [-0.1, -0.05) is 92.2 Å². The summed E-state index contributed by atoms with van der Waals surface area (Å²) in [6, 6.07) is 29.4. The summed E-state index contributed by atoms with van der Waals surface area (Å²) >= 11 is 0. The van der Waals surface area contributed by atoms with Crippen LogP contribution in [0.3, 0.4) is 0 Å². The molecule has 1 saturated heterocycles. The van der Waals surface area contributed by atoms with Gasteiger partial charge in [-0.3, -0.25) is 9.80 Å². The summed E-state index contributed by atoms with van der Waals surface area (Å²) in [4.78, 5) is 5.52. The van der Waals surface area contributed by atoms with Crippen molar-refractivity contribution in [1.29, 1.82) is 0 Å². The van der Waals surface area contributed by atoms with Gasteiger partial charge in [0.25, 0.3) is 0 Å². The lowest BCUT2D eigenvalue weighted by atomic mass is 9.89. The lowest BCUT2D eigenvalue weighted by Crippen LogP contribution is -2.42. The third-order valence-electron chi connectivity index (χ3n) is 6.76. The van der Waals surface area contributed by atoms with Gasteiger partial charge in [0.2, 0.25) is 0 Å². The molecule has 2 aliphatic rings. The van der Waals surface area contributed by atoms with Crippen LogP contribution in [0, 0.1) is 0 Å². The molecule has 2 atom stereocenters. The Hall–Kier alpha value is -2.42. The second-order valence-corrected chi connectivity index (χ2v) is 8.70. The first-order valence-electron chi connectivity index (χ1n) is 11.6. The van der Waals surface area contributed by atoms with Gasteiger partial charge in [-0.2, -0.15) is 0 Å². The minimum Gasteiger partial charge on any atom is -0.284 e. The van der Waals surface area contributed by atoms with Crippen molar-refractivity contribution >= 4 is 0 Å². The Balaban J connectivity index is 1.71. The van der Waals surface area contributed by atoms with Gasteiger partial charge < -0.3 is 0 Å². The molecule has 2 aliphatic heterocycles. The summed E-state index contributed by atoms with van der Waals surface area (Å²) in [6.07, 6.45) is 5.56. The summed E-state index contributed by atoms with van der Waals surface area (Å²) in [5, 5.41) is 0. The van der Waals surface area contributed by atoms with Crippen LogP contribution in [0.4, 0.5) is 0 Å². The standard InChI is InChI=1S/C28H32N2/c1-2-19-30-27(23-15-8-4-9-16-23)26-24(22-13-6-3-7-14-22)17-12-18-25(26)28(30)29-20-10-5-11-21-29/h3-4,6-9,12-18,27-28H,2,5,10-11,19-21H2,1H3. The number of likely N-dealkylation sites (tertiary alicyclic amines) is 1. The monoisotopic (exact) mass is 396 g/mol. The van der Waals surface area contributed by atoms with Crippen molar-refractivity contribution in [2.75, 3.05) is 19.6 Å². The van der Waals surface area contributed by atoms with E-state index in [0.717, 1.165) is 6.54 Å². The molecule has 0 aromatic heterocycles. The maximum atomic E-state index is 2.78. The van der Waals surface area contributed by atoms with Crippen LogP contribution in [0.25, 0.3) is 11.1 Å². The van der Waals surface area contributed by atoms with Crippen molar-refractivity contribution in [3.63, 3.8) is 0 Å². The zero-order chi connectivity index (χ0) is 20.3. The number of benzene rings is 3. The van der Waals surface area contributed by atoms with Crippen LogP contribution in [-0.2, 0) is 0 Å². The molecule has 30 heavy (non-hydrogen) atoms. The number of rotatable bonds is 5. The zero-order valence-electron chi connectivity index (χ0n) is 18.0. The fraction of sp³-hybridized carbons (Fsp3) is 0.357. The van der Waals surface area contributed by atoms with E-state index in [0.29, 0.717) is 12.2 Å². The molecule has 2 unspecified atom stereocenters. The Morgan fingerprint density at radius 1 is 0.767 bits per heavy atom. The SMILES string of the molecule is CCCN1C(c2ccccc2)c2c(-c3ccccc3)cccc2C1N1CCCCC1. The Morgan fingerprint density at radius 2 is 1.47 bits per heavy atom. The van der Waals surface area contributed by atoms with Crippen LogP contribution < -0.4 is 0 Å². The van der Waals surface area contributed by atoms with Crippen LogP contribution >= 0.6 is 0 Å². The van der Waals surface area contributed by atoms with Crippen LogP contribution in [0.1, 0.15) is 61.5 Å². The van der Waals surface area contributed by atoms with Gasteiger partial charge >= 0.3 is 0 Å². The molecule has 0 aliphatic carbocycles. The van der Waals surface area contributed by atoms with Gasteiger partial charge in [-0.05, 0) is 60.2 Å². The highest BCUT2D eigenvalue weighted by atomic mass is 15.4. The zero-order valence-corrected chi connectivity index (χ0v) is 18.0. The summed E-state index contributed by atoms with van der Waals surface area (Å²) in [5.74, 6) is 0. The third-order valence-corrected chi connectivity index (χ3v) is 6.76. The number of piperidine rings is 1. The first-order chi connectivity index (χ1) is 14.9. The molecule has 2 heterocycles. The number of hydrogen-bond donors (Lipinski definition) is 0. The fourth-order valence-electron chi connectivity index (χ4n) is 5.54. The predicted molar refractivity (Wildman–Crippen MR) is 125 cm³/mol. The van der Waals surface area contributed by atoms with Crippen LogP contribution in [-0.4, -0.2) is 29.4 Å². The van der Waals surface area contributed by atoms with Crippen molar-refractivity contribution in [2.24, 2.45) is 0 Å². The molecule has 3 aromatic rings. The highest BCUT2D eigenvalue weighted by molar-refractivity contribution is 5.71. The largest absolute Gasteiger partial charge is 0.284 e. The minimum atomic E-state index is 0.310. The second-order valence-electron chi connectivity index (χ2n) is 8.70. The topological polar surface area (TPSA) is 6.48 Å². The van der Waals surface area contributed by atoms with E-state index >= 15 is 0 Å². The molecular formula is C28H32N2. The van der Waals surface area contributed by atoms with E-state index in [1.54, 1.807) is 0 Å². The molecular weight excluding hydrogens is 364 g/mol. The van der Waals surface area contributed by atoms with Gasteiger partial charge in [-0.15, -0.1) is 0 Å². The molecule has 1 fully saturated rings. The Labute approximate surface area is 181 Å². The van der Waals surface area contributed by atoms with Crippen molar-refractivity contribution in [1.82, 2.24) is 9.80 Å². The number of nitrogens with zero attached hydrogens (tertiary/aromatic N) is 2. The van der Waals surface area contributed by atoms with Crippen LogP contribution in [0.15, 0.2) is 78.9 Å². The second kappa shape index (κ2) is 8.75. The molecule has 2 heteroatoms. The van der Waals surface area contributed by atoms with Crippen molar-refractivity contribution in [2.45, 2.75) is 44.8 Å². The number of fused-ring (bicyclic) bond motifs is 1. The first kappa shape index (κ1) is 19.5. The van der Waals surface area contributed by atoms with E-state index < -0.39 is 0 Å². The third kappa shape index (κ3) is 3.49. The van der Waals surface area contributed by atoms with Gasteiger partial charge in [0.05, 0.1) is 12.2 Å². The lowest BCUT2D eigenvalue weighted by Gasteiger charge is -2.40. The van der Waals surface area contributed by atoms with E-state index in [4.69, 9.17) is 0 Å². The molecule has 154 valence electrons. The summed E-state index contributed by atoms with van der Waals surface area (Å²) in [6.45, 7) is 5.85. The van der Waals surface area contributed by atoms with Crippen LogP contribution in [0.5, 0.6) is 0 Å². The van der Waals surface area contributed by atoms with Gasteiger partial charge in [0.15, 0.2) is 0 Å². The molecule has 0 bridgehead atoms. The predicted octanol–water partition coefficient (Wildman–Crippen LogP) is 6.65. The van der Waals surface area contributed by atoms with E-state index in [2.05, 4.69) is 95.6 Å². The molecule has 3 aromatic carbocycles. The van der Waals surface area contributed by atoms with Crippen molar-refractivity contribution in [3.8, 4) is 11.1 Å². The van der Waals surface area contributed by atoms with Crippen molar-refractivity contribution in [3.05, 3.63) is 95.6 Å². The van der Waals surface area contributed by atoms with Crippen molar-refractivity contribution < 1.29 is 0 Å². The maximum absolute atomic E-state index is 2.78. The molecule has 2 nitrogen and oxygen atoms in total. The molecule has 0 amide bonds. The maximum Gasteiger partial charge on any atom is 0.0897 e. The van der Waals surface area contributed by atoms with Gasteiger partial charge in [0.1, 0.15) is 0 Å². The minimum absolute atomic E-state index is 0.310. The molecule has 0 radical (unpaired) electrons. The summed E-state index contributed by atoms with van der Waals surface area (Å²) < 4.78 is 0. The lowest BCUT2D eigenvalue weighted by molar-refractivity contribution is 0.0259. The number of hydrogen-bond acceptors (Lipinski definition) is 2. The highest BCUT2D eigenvalue weighted by Crippen LogP contribution is 2.50. The fourth-order valence-corrected chi connectivity index (χ4v) is 5.54. The Bertz CT molecular complexity index is 960. The molecule has 0 N–H and O–H groups in total. The molecule has 0 saturated carbocycles. The van der Waals surface area contributed by atoms with E-state index in [9.17, 15) is 0 Å². The van der Waals surface area contributed by atoms with Gasteiger partial charge in [-0.25, -0.2) is 0 Å². The normalized spacial score (nSPS) is 22.2. The van der Waals surface area contributed by atoms with Gasteiger partial charge in [0, 0.05) is 6.54 Å². The molecule has 0 spiro atoms. The van der Waals surface area contributed by atoms with E-state index in [1.165, 1.54) is 66.6 Å². The average Bonchev–Trinajstić information content (AvgIpc) is 3.15. The quantitative estimate of drug-likeness (QED) is 0.476.